The van der Waals surface area contributed by atoms with Gasteiger partial charge in [0.15, 0.2) is 0 Å². The molecule has 5 nitrogen and oxygen atoms in total. The highest BCUT2D eigenvalue weighted by atomic mass is 31.2. The van der Waals surface area contributed by atoms with E-state index in [9.17, 15) is 0 Å². The summed E-state index contributed by atoms with van der Waals surface area (Å²) in [4.78, 5) is 0. The highest BCUT2D eigenvalue weighted by Gasteiger charge is 2.40. The van der Waals surface area contributed by atoms with Crippen LogP contribution in [0, 0.1) is 0 Å². The SMILES string of the molecule is CCO[Si](CNCCCCCCN(P(c1ccccc1)c1ccccc1)P(c1ccccc1)c1ccccc1)(OCC)OCC. The molecule has 0 unspecified atom stereocenters. The number of hydrogen-bond donors (Lipinski definition) is 1. The van der Waals surface area contributed by atoms with Gasteiger partial charge in [-0.15, -0.1) is 0 Å². The molecule has 4 aromatic carbocycles. The largest absolute Gasteiger partial charge is 0.515 e. The Balaban J connectivity index is 1.50. The Kier molecular flexibility index (Phi) is 15.9. The van der Waals surface area contributed by atoms with E-state index < -0.39 is 24.9 Å². The third kappa shape index (κ3) is 10.9. The molecule has 0 saturated heterocycles. The Morgan fingerprint density at radius 3 is 1.22 bits per heavy atom. The summed E-state index contributed by atoms with van der Waals surface area (Å²) < 4.78 is 20.9. The van der Waals surface area contributed by atoms with Crippen molar-refractivity contribution < 1.29 is 13.3 Å². The van der Waals surface area contributed by atoms with Gasteiger partial charge in [0, 0.05) is 42.5 Å². The summed E-state index contributed by atoms with van der Waals surface area (Å²) in [5, 5.41) is 9.17. The summed E-state index contributed by atoms with van der Waals surface area (Å²) >= 11 is 0. The molecule has 0 radical (unpaired) electrons. The Labute approximate surface area is 275 Å². The number of hydrogen-bond acceptors (Lipinski definition) is 5. The zero-order valence-electron chi connectivity index (χ0n) is 27.2. The van der Waals surface area contributed by atoms with Crippen LogP contribution in [0.25, 0.3) is 0 Å². The molecule has 1 N–H and O–H groups in total. The molecule has 45 heavy (non-hydrogen) atoms. The highest BCUT2D eigenvalue weighted by Crippen LogP contribution is 2.54. The summed E-state index contributed by atoms with van der Waals surface area (Å²) in [6.45, 7) is 9.80. The Morgan fingerprint density at radius 2 is 0.867 bits per heavy atom. The van der Waals surface area contributed by atoms with Gasteiger partial charge < -0.3 is 18.6 Å². The van der Waals surface area contributed by atoms with Crippen molar-refractivity contribution in [2.75, 3.05) is 39.1 Å². The standard InChI is InChI=1S/C37H50N2O3P2Si/c1-4-40-45(41-5-2,42-6-3)33-38-31-21-7-8-22-32-39(43(34-23-13-9-14-24-34)35-25-15-10-16-26-35)44(36-27-17-11-18-28-36)37-29-19-12-20-30-37/h9-20,23-30,38H,4-8,21-22,31-33H2,1-3H3. The summed E-state index contributed by atoms with van der Waals surface area (Å²) in [7, 11) is -4.14. The van der Waals surface area contributed by atoms with Gasteiger partial charge in [-0.1, -0.05) is 134 Å². The van der Waals surface area contributed by atoms with Crippen molar-refractivity contribution in [2.45, 2.75) is 46.5 Å². The van der Waals surface area contributed by atoms with Crippen LogP contribution in [0.15, 0.2) is 121 Å². The maximum Gasteiger partial charge on any atom is 0.515 e. The predicted octanol–water partition coefficient (Wildman–Crippen LogP) is 7.12. The van der Waals surface area contributed by atoms with E-state index >= 15 is 0 Å². The van der Waals surface area contributed by atoms with Gasteiger partial charge in [0.1, 0.15) is 0 Å². The fraction of sp³-hybridized carbons (Fsp3) is 0.351. The summed E-state index contributed by atoms with van der Waals surface area (Å²) in [5.74, 6) is 0. The average Bonchev–Trinajstić information content (AvgIpc) is 3.08. The van der Waals surface area contributed by atoms with Crippen LogP contribution in [-0.4, -0.2) is 52.3 Å². The Hall–Kier alpha value is -2.24. The topological polar surface area (TPSA) is 43.0 Å². The predicted molar refractivity (Wildman–Crippen MR) is 197 cm³/mol. The summed E-state index contributed by atoms with van der Waals surface area (Å²) in [6, 6.07) is 44.5. The molecule has 4 rings (SSSR count). The number of rotatable bonds is 21. The van der Waals surface area contributed by atoms with Gasteiger partial charge in [-0.3, -0.25) is 0 Å². The van der Waals surface area contributed by atoms with E-state index in [0.29, 0.717) is 26.0 Å². The average molecular weight is 661 g/mol. The second kappa shape index (κ2) is 20.1. The van der Waals surface area contributed by atoms with Crippen molar-refractivity contribution in [3.05, 3.63) is 121 Å². The molecule has 0 aliphatic rings. The first-order valence-corrected chi connectivity index (χ1v) is 20.9. The molecule has 8 heteroatoms. The van der Waals surface area contributed by atoms with E-state index in [1.165, 1.54) is 34.1 Å². The maximum atomic E-state index is 6.00. The number of unbranched alkanes of at least 4 members (excludes halogenated alkanes) is 3. The van der Waals surface area contributed by atoms with Gasteiger partial charge in [-0.25, -0.2) is 4.44 Å². The van der Waals surface area contributed by atoms with E-state index in [1.54, 1.807) is 0 Å². The van der Waals surface area contributed by atoms with Crippen molar-refractivity contribution in [3.63, 3.8) is 0 Å². The first-order valence-electron chi connectivity index (χ1n) is 16.4. The zero-order valence-corrected chi connectivity index (χ0v) is 30.0. The molecule has 0 heterocycles. The molecule has 0 aliphatic heterocycles. The molecule has 0 saturated carbocycles. The van der Waals surface area contributed by atoms with Crippen LogP contribution in [0.3, 0.4) is 0 Å². The van der Waals surface area contributed by atoms with Crippen molar-refractivity contribution in [2.24, 2.45) is 0 Å². The third-order valence-electron chi connectivity index (χ3n) is 7.36. The molecule has 0 atom stereocenters. The Morgan fingerprint density at radius 1 is 0.511 bits per heavy atom. The third-order valence-corrected chi connectivity index (χ3v) is 15.8. The second-order valence-electron chi connectivity index (χ2n) is 10.6. The zero-order chi connectivity index (χ0) is 31.6. The fourth-order valence-electron chi connectivity index (χ4n) is 5.43. The lowest BCUT2D eigenvalue weighted by atomic mass is 10.2. The minimum atomic E-state index is -2.65. The quantitative estimate of drug-likeness (QED) is 0.0586. The van der Waals surface area contributed by atoms with Gasteiger partial charge in [0.2, 0.25) is 0 Å². The highest BCUT2D eigenvalue weighted by molar-refractivity contribution is 7.84. The van der Waals surface area contributed by atoms with Gasteiger partial charge in [0.05, 0.1) is 6.17 Å². The van der Waals surface area contributed by atoms with Gasteiger partial charge in [-0.2, -0.15) is 0 Å². The van der Waals surface area contributed by atoms with Crippen molar-refractivity contribution >= 4 is 46.2 Å². The van der Waals surface area contributed by atoms with Crippen LogP contribution in [-0.2, 0) is 13.3 Å². The molecular formula is C37H50N2O3P2Si. The lowest BCUT2D eigenvalue weighted by Crippen LogP contribution is -2.54. The van der Waals surface area contributed by atoms with Crippen LogP contribution < -0.4 is 26.5 Å². The van der Waals surface area contributed by atoms with Crippen LogP contribution in [0.4, 0.5) is 0 Å². The second-order valence-corrected chi connectivity index (χ2v) is 17.8. The normalized spacial score (nSPS) is 12.0. The maximum absolute atomic E-state index is 6.00. The minimum absolute atomic E-state index is 0.605. The fourth-order valence-corrected chi connectivity index (χ4v) is 13.9. The summed E-state index contributed by atoms with van der Waals surface area (Å²) in [6.07, 6.45) is 5.28. The smallest absolute Gasteiger partial charge is 0.373 e. The molecule has 0 amide bonds. The first-order chi connectivity index (χ1) is 22.2. The van der Waals surface area contributed by atoms with Crippen LogP contribution in [0.1, 0.15) is 46.5 Å². The molecule has 240 valence electrons. The van der Waals surface area contributed by atoms with E-state index in [4.69, 9.17) is 13.3 Å². The molecule has 4 aromatic rings. The monoisotopic (exact) mass is 660 g/mol. The van der Waals surface area contributed by atoms with E-state index in [0.717, 1.165) is 25.9 Å². The van der Waals surface area contributed by atoms with Crippen molar-refractivity contribution in [3.8, 4) is 0 Å². The lowest BCUT2D eigenvalue weighted by Gasteiger charge is -2.39. The van der Waals surface area contributed by atoms with E-state index in [2.05, 4.69) is 131 Å². The number of benzene rings is 4. The number of nitrogens with one attached hydrogen (secondary N) is 1. The Bertz CT molecular complexity index is 1140. The van der Waals surface area contributed by atoms with E-state index in [1.807, 2.05) is 20.8 Å². The summed E-state index contributed by atoms with van der Waals surface area (Å²) in [5.41, 5.74) is 0. The minimum Gasteiger partial charge on any atom is -0.373 e. The van der Waals surface area contributed by atoms with Crippen LogP contribution in [0.5, 0.6) is 0 Å². The van der Waals surface area contributed by atoms with Gasteiger partial charge >= 0.3 is 8.80 Å². The molecule has 0 aromatic heterocycles. The molecule has 0 aliphatic carbocycles. The molecule has 0 bridgehead atoms. The van der Waals surface area contributed by atoms with Gasteiger partial charge in [-0.05, 0) is 61.4 Å². The van der Waals surface area contributed by atoms with Crippen molar-refractivity contribution in [1.29, 1.82) is 0 Å². The number of nitrogens with zero attached hydrogens (tertiary/aromatic N) is 1. The van der Waals surface area contributed by atoms with Crippen LogP contribution in [0.2, 0.25) is 0 Å². The van der Waals surface area contributed by atoms with Crippen molar-refractivity contribution in [1.82, 2.24) is 9.76 Å². The van der Waals surface area contributed by atoms with E-state index in [-0.39, 0.29) is 0 Å². The molecule has 0 spiro atoms. The molecular weight excluding hydrogens is 610 g/mol. The van der Waals surface area contributed by atoms with Crippen LogP contribution >= 0.6 is 16.1 Å². The van der Waals surface area contributed by atoms with Gasteiger partial charge in [0.25, 0.3) is 0 Å². The molecule has 0 fully saturated rings. The first kappa shape index (κ1) is 35.6. The lowest BCUT2D eigenvalue weighted by molar-refractivity contribution is 0.0701.